The lowest BCUT2D eigenvalue weighted by Gasteiger charge is -2.37. The number of rotatable bonds is 7. The van der Waals surface area contributed by atoms with Gasteiger partial charge in [-0.15, -0.1) is 0 Å². The van der Waals surface area contributed by atoms with Gasteiger partial charge in [0.2, 0.25) is 0 Å². The topological polar surface area (TPSA) is 36.0 Å². The van der Waals surface area contributed by atoms with Crippen molar-refractivity contribution < 1.29 is 9.53 Å². The Morgan fingerprint density at radius 3 is 1.32 bits per heavy atom. The first-order valence-corrected chi connectivity index (χ1v) is 19.3. The van der Waals surface area contributed by atoms with Crippen molar-refractivity contribution in [1.82, 2.24) is 0 Å². The van der Waals surface area contributed by atoms with Crippen LogP contribution in [0.3, 0.4) is 0 Å². The Morgan fingerprint density at radius 2 is 0.842 bits per heavy atom. The SMILES string of the molecule is CC1(C)c2ccccc2C(=O)c2cc(N3c4ccc(N(c5ccccc5)c5ccccc5)cc4Oc4cc(N(c5ccccc5)c5ccccc5)ccc43)ccc21. The number of nitrogens with zero attached hydrogens (tertiary/aromatic N) is 3. The molecule has 5 heteroatoms. The van der Waals surface area contributed by atoms with Crippen molar-refractivity contribution in [2.75, 3.05) is 14.7 Å². The van der Waals surface area contributed by atoms with Gasteiger partial charge < -0.3 is 19.4 Å². The van der Waals surface area contributed by atoms with Crippen molar-refractivity contribution in [3.63, 3.8) is 0 Å². The zero-order valence-corrected chi connectivity index (χ0v) is 31.7. The molecule has 1 aliphatic heterocycles. The predicted molar refractivity (Wildman–Crippen MR) is 233 cm³/mol. The lowest BCUT2D eigenvalue weighted by Crippen LogP contribution is -2.30. The van der Waals surface area contributed by atoms with E-state index in [1.807, 2.05) is 42.5 Å². The number of fused-ring (bicyclic) bond motifs is 4. The van der Waals surface area contributed by atoms with Crippen LogP contribution in [-0.2, 0) is 5.41 Å². The Morgan fingerprint density at radius 1 is 0.421 bits per heavy atom. The molecule has 0 atom stereocenters. The monoisotopic (exact) mass is 737 g/mol. The van der Waals surface area contributed by atoms with Gasteiger partial charge in [0.25, 0.3) is 0 Å². The van der Waals surface area contributed by atoms with Crippen LogP contribution in [0.4, 0.5) is 51.2 Å². The van der Waals surface area contributed by atoms with Crippen LogP contribution >= 0.6 is 0 Å². The highest BCUT2D eigenvalue weighted by Crippen LogP contribution is 2.54. The van der Waals surface area contributed by atoms with Crippen molar-refractivity contribution in [2.45, 2.75) is 19.3 Å². The van der Waals surface area contributed by atoms with Gasteiger partial charge >= 0.3 is 0 Å². The molecule has 0 aromatic heterocycles. The Kier molecular flexibility index (Phi) is 8.23. The number of hydrogen-bond donors (Lipinski definition) is 0. The van der Waals surface area contributed by atoms with Crippen LogP contribution in [0.15, 0.2) is 200 Å². The highest BCUT2D eigenvalue weighted by Gasteiger charge is 2.38. The maximum Gasteiger partial charge on any atom is 0.193 e. The van der Waals surface area contributed by atoms with Gasteiger partial charge in [-0.25, -0.2) is 0 Å². The van der Waals surface area contributed by atoms with Crippen LogP contribution in [0.2, 0.25) is 0 Å². The van der Waals surface area contributed by atoms with E-state index in [9.17, 15) is 4.79 Å². The molecule has 0 unspecified atom stereocenters. The van der Waals surface area contributed by atoms with Gasteiger partial charge in [-0.1, -0.05) is 117 Å². The number of hydrogen-bond acceptors (Lipinski definition) is 5. The number of para-hydroxylation sites is 4. The first-order valence-electron chi connectivity index (χ1n) is 19.3. The molecule has 57 heavy (non-hydrogen) atoms. The summed E-state index contributed by atoms with van der Waals surface area (Å²) < 4.78 is 7.01. The summed E-state index contributed by atoms with van der Waals surface area (Å²) in [5.74, 6) is 1.45. The Bertz CT molecular complexity index is 2560. The molecule has 2 aliphatic rings. The van der Waals surface area contributed by atoms with Crippen LogP contribution in [0.1, 0.15) is 40.9 Å². The third-order valence-corrected chi connectivity index (χ3v) is 11.2. The van der Waals surface area contributed by atoms with Crippen molar-refractivity contribution >= 4 is 57.0 Å². The molecule has 0 bridgehead atoms. The van der Waals surface area contributed by atoms with Gasteiger partial charge in [-0.05, 0) is 96.1 Å². The van der Waals surface area contributed by atoms with E-state index in [1.165, 1.54) is 0 Å². The van der Waals surface area contributed by atoms with Crippen LogP contribution in [-0.4, -0.2) is 5.78 Å². The van der Waals surface area contributed by atoms with Gasteiger partial charge in [0.1, 0.15) is 0 Å². The summed E-state index contributed by atoms with van der Waals surface area (Å²) in [5, 5.41) is 0. The third kappa shape index (κ3) is 5.83. The molecule has 0 N–H and O–H groups in total. The van der Waals surface area contributed by atoms with Gasteiger partial charge in [0, 0.05) is 68.5 Å². The number of carbonyl (C=O) groups excluding carboxylic acids is 1. The van der Waals surface area contributed by atoms with Gasteiger partial charge in [-0.2, -0.15) is 0 Å². The van der Waals surface area contributed by atoms with Crippen LogP contribution in [0, 0.1) is 0 Å². The summed E-state index contributed by atoms with van der Waals surface area (Å²) >= 11 is 0. The molecule has 1 heterocycles. The van der Waals surface area contributed by atoms with Crippen LogP contribution in [0.5, 0.6) is 11.5 Å². The number of benzene rings is 8. The van der Waals surface area contributed by atoms with E-state index in [1.54, 1.807) is 0 Å². The molecule has 5 nitrogen and oxygen atoms in total. The molecular weight excluding hydrogens is 699 g/mol. The predicted octanol–water partition coefficient (Wildman–Crippen LogP) is 14.1. The van der Waals surface area contributed by atoms with Gasteiger partial charge in [0.05, 0.1) is 11.4 Å². The van der Waals surface area contributed by atoms with Crippen molar-refractivity contribution in [1.29, 1.82) is 0 Å². The summed E-state index contributed by atoms with van der Waals surface area (Å²) in [5.41, 5.74) is 11.9. The molecule has 10 rings (SSSR count). The largest absolute Gasteiger partial charge is 0.453 e. The van der Waals surface area contributed by atoms with E-state index >= 15 is 0 Å². The van der Waals surface area contributed by atoms with E-state index in [0.29, 0.717) is 11.5 Å². The number of carbonyl (C=O) groups is 1. The minimum atomic E-state index is -0.334. The maximum absolute atomic E-state index is 14.2. The van der Waals surface area contributed by atoms with Gasteiger partial charge in [-0.3, -0.25) is 4.79 Å². The second-order valence-electron chi connectivity index (χ2n) is 15.0. The van der Waals surface area contributed by atoms with Crippen LogP contribution < -0.4 is 19.4 Å². The first-order chi connectivity index (χ1) is 28.0. The third-order valence-electron chi connectivity index (χ3n) is 11.2. The molecule has 0 radical (unpaired) electrons. The molecular formula is C52H39N3O2. The van der Waals surface area contributed by atoms with Crippen molar-refractivity contribution in [3.8, 4) is 11.5 Å². The second kappa shape index (κ2) is 13.7. The fraction of sp³-hybridized carbons (Fsp3) is 0.0577. The minimum Gasteiger partial charge on any atom is -0.453 e. The normalized spacial score (nSPS) is 13.4. The zero-order chi connectivity index (χ0) is 38.5. The quantitative estimate of drug-likeness (QED) is 0.163. The Labute approximate surface area is 333 Å². The highest BCUT2D eigenvalue weighted by molar-refractivity contribution is 6.14. The van der Waals surface area contributed by atoms with Crippen LogP contribution in [0.25, 0.3) is 0 Å². The fourth-order valence-corrected chi connectivity index (χ4v) is 8.47. The first kappa shape index (κ1) is 34.1. The van der Waals surface area contributed by atoms with E-state index in [2.05, 4.69) is 186 Å². The van der Waals surface area contributed by atoms with E-state index in [-0.39, 0.29) is 11.2 Å². The minimum absolute atomic E-state index is 0.0453. The smallest absolute Gasteiger partial charge is 0.193 e. The molecule has 0 saturated heterocycles. The molecule has 0 saturated carbocycles. The molecule has 8 aromatic rings. The molecule has 274 valence electrons. The molecule has 8 aromatic carbocycles. The van der Waals surface area contributed by atoms with Crippen molar-refractivity contribution in [3.05, 3.63) is 222 Å². The standard InChI is InChI=1S/C52H39N3O2/c1-52(2)45-26-16-15-25-43(45)51(56)44-33-40(27-30-46(44)52)55-47-31-28-41(53(36-17-7-3-8-18-36)37-19-9-4-10-20-37)34-49(47)57-50-35-42(29-32-48(50)55)54(38-21-11-5-12-22-38)39-23-13-6-14-24-39/h3-35H,1-2H3. The number of anilines is 9. The second-order valence-corrected chi connectivity index (χ2v) is 15.0. The lowest BCUT2D eigenvalue weighted by molar-refractivity contribution is 0.103. The summed E-state index contributed by atoms with van der Waals surface area (Å²) in [4.78, 5) is 21.0. The van der Waals surface area contributed by atoms with Crippen molar-refractivity contribution in [2.24, 2.45) is 0 Å². The Balaban J connectivity index is 1.16. The summed E-state index contributed by atoms with van der Waals surface area (Å²) in [6.07, 6.45) is 0. The number of ketones is 1. The Hall–Kier alpha value is -7.37. The highest BCUT2D eigenvalue weighted by atomic mass is 16.5. The average Bonchev–Trinajstić information content (AvgIpc) is 3.26. The molecule has 0 spiro atoms. The fourth-order valence-electron chi connectivity index (χ4n) is 8.47. The lowest BCUT2D eigenvalue weighted by atomic mass is 9.68. The summed E-state index contributed by atoms with van der Waals surface area (Å²) in [7, 11) is 0. The van der Waals surface area contributed by atoms with E-state index < -0.39 is 0 Å². The van der Waals surface area contributed by atoms with Gasteiger partial charge in [0.15, 0.2) is 17.3 Å². The van der Waals surface area contributed by atoms with E-state index in [0.717, 1.165) is 73.4 Å². The molecule has 1 aliphatic carbocycles. The maximum atomic E-state index is 14.2. The average molecular weight is 738 g/mol. The zero-order valence-electron chi connectivity index (χ0n) is 31.7. The summed E-state index contributed by atoms with van der Waals surface area (Å²) in [6, 6.07) is 68.7. The summed E-state index contributed by atoms with van der Waals surface area (Å²) in [6.45, 7) is 4.41. The molecule has 0 amide bonds. The molecule has 0 fully saturated rings. The van der Waals surface area contributed by atoms with E-state index in [4.69, 9.17) is 4.74 Å². The number of ether oxygens (including phenoxy) is 1.